The number of hydrogen-bond donors (Lipinski definition) is 2. The van der Waals surface area contributed by atoms with E-state index in [1.807, 2.05) is 29.5 Å². The highest BCUT2D eigenvalue weighted by Crippen LogP contribution is 2.34. The van der Waals surface area contributed by atoms with E-state index in [1.54, 1.807) is 6.20 Å². The number of rotatable bonds is 26. The van der Waals surface area contributed by atoms with Crippen molar-refractivity contribution in [3.63, 3.8) is 0 Å². The van der Waals surface area contributed by atoms with Crippen LogP contribution in [0.5, 0.6) is 0 Å². The van der Waals surface area contributed by atoms with Crippen molar-refractivity contribution in [2.45, 2.75) is 89.2 Å². The van der Waals surface area contributed by atoms with Gasteiger partial charge in [-0.05, 0) is 110 Å². The molecule has 25 heteroatoms. The van der Waals surface area contributed by atoms with Gasteiger partial charge in [0.05, 0.1) is 28.3 Å². The molecule has 2 aliphatic rings. The van der Waals surface area contributed by atoms with Gasteiger partial charge >= 0.3 is 17.3 Å². The molecule has 2 fully saturated rings. The zero-order valence-corrected chi connectivity index (χ0v) is 37.7. The van der Waals surface area contributed by atoms with Crippen LogP contribution in [0.25, 0.3) is 0 Å². The summed E-state index contributed by atoms with van der Waals surface area (Å²) >= 11 is 5.95. The van der Waals surface area contributed by atoms with E-state index in [-0.39, 0.29) is 77.9 Å². The molecule has 4 heterocycles. The molecule has 7 atom stereocenters. The standard InChI is InChI=1S/C22H35B2N3O6S2.C11H18B2IN3O4S2/c1-3-4-5-7-15(2)21(28)30-9-6-8-16-11-27(22(29)26-20(16)25)19-10-17(33-35-14-24)18(32-19)12-31-34-13-23;12-4-22-19-3-8-7(21-23-5-13)1-9(20-8)17-2-6(14)10(15)16-11(17)18/h11,15,17-19H,3-5,7,9-10,12-14,23-24H2,1-2H3,(H2,25,26,29);2,7-9H,1,3-5,12-13H2,(H2,15,16,18)/t15?,17-,18-,19-;7-,8-,9-/m11/s1/i23TD,24TD;12TD,13TD. The number of aromatic nitrogens is 4. The van der Waals surface area contributed by atoms with Gasteiger partial charge in [-0.25, -0.2) is 9.59 Å². The van der Waals surface area contributed by atoms with Gasteiger partial charge in [0, 0.05) is 25.2 Å². The first-order valence-electron chi connectivity index (χ1n) is 22.8. The predicted molar refractivity (Wildman–Crippen MR) is 252 cm³/mol. The molecule has 4 N–H and O–H groups in total. The number of nitrogens with zero attached hydrogens (tertiary/aromatic N) is 4. The van der Waals surface area contributed by atoms with Gasteiger partial charge in [-0.3, -0.25) is 13.9 Å². The molecule has 0 aromatic carbocycles. The number of nitrogens with two attached hydrogens (primary N) is 2. The van der Waals surface area contributed by atoms with Gasteiger partial charge in [0.1, 0.15) is 79.6 Å². The van der Waals surface area contributed by atoms with E-state index >= 15 is 0 Å². The second-order valence-corrected chi connectivity index (χ2v) is 16.7. The summed E-state index contributed by atoms with van der Waals surface area (Å²) in [5.41, 5.74) is 11.4. The number of hydrogen-bond acceptors (Lipinski definition) is 18. The molecule has 0 radical (unpaired) electrons. The van der Waals surface area contributed by atoms with Crippen LogP contribution >= 0.6 is 70.8 Å². The summed E-state index contributed by atoms with van der Waals surface area (Å²) in [5, 5.41) is 0. The Balaban J connectivity index is 0.000000374. The van der Waals surface area contributed by atoms with Gasteiger partial charge in [0.2, 0.25) is 0 Å². The van der Waals surface area contributed by atoms with Crippen LogP contribution in [0, 0.1) is 21.3 Å². The number of ether oxygens (including phenoxy) is 3. The van der Waals surface area contributed by atoms with Crippen LogP contribution in [0.3, 0.4) is 0 Å². The van der Waals surface area contributed by atoms with E-state index in [2.05, 4.69) is 28.7 Å². The van der Waals surface area contributed by atoms with Crippen LogP contribution in [-0.2, 0) is 35.7 Å². The first-order valence-corrected chi connectivity index (χ1v) is 22.9. The van der Waals surface area contributed by atoms with Crippen molar-refractivity contribution in [3.05, 3.63) is 42.5 Å². The van der Waals surface area contributed by atoms with Crippen molar-refractivity contribution in [1.29, 1.82) is 10.7 Å². The summed E-state index contributed by atoms with van der Waals surface area (Å²) < 4.78 is 101. The number of halogens is 1. The molecule has 0 saturated carbocycles. The Morgan fingerprint density at radius 2 is 1.48 bits per heavy atom. The van der Waals surface area contributed by atoms with E-state index in [0.29, 0.717) is 9.99 Å². The van der Waals surface area contributed by atoms with Crippen LogP contribution in [0.2, 0.25) is 0 Å². The van der Waals surface area contributed by atoms with Crippen LogP contribution in [0.1, 0.15) is 70.4 Å². The van der Waals surface area contributed by atoms with Crippen molar-refractivity contribution in [1.82, 2.24) is 19.1 Å². The third-order valence-electron chi connectivity index (χ3n) is 8.34. The fraction of sp³-hybridized carbons (Fsp3) is 0.667. The molecule has 4 rings (SSSR count). The molecule has 2 saturated heterocycles. The topological polar surface area (TPSA) is 204 Å². The highest BCUT2D eigenvalue weighted by molar-refractivity contribution is 14.1. The van der Waals surface area contributed by atoms with Crippen molar-refractivity contribution >= 4 is 119 Å². The lowest BCUT2D eigenvalue weighted by molar-refractivity contribution is -0.146. The molecular weight excluding hydrogens is 939 g/mol. The SMILES string of the molecule is [2H]B([3H])CSOC[C@H]1O[C@@H](n2cc(C#CCOC(=O)C(C)CCCCC)c(N)nc2=O)C[C@H]1OSCB([2H])[3H].[2H]B([3H])CSOC[C@H]1O[C@@H](n2cc(I)c(N)nc2=O)C[C@H]1OSCB([2H])[3H]. The molecule has 2 aliphatic heterocycles. The number of anilines is 2. The number of esters is 1. The number of nitrogen functional groups attached to an aromatic ring is 2. The quantitative estimate of drug-likeness (QED) is 0.0333. The molecule has 0 aliphatic carbocycles. The summed E-state index contributed by atoms with van der Waals surface area (Å²) in [4.78, 5) is 44.5. The van der Waals surface area contributed by atoms with Crippen molar-refractivity contribution in [3.8, 4) is 11.8 Å². The van der Waals surface area contributed by atoms with Crippen LogP contribution in [0.15, 0.2) is 22.0 Å². The number of carbonyl (C=O) groups excluding carboxylic acids is 1. The molecule has 58 heavy (non-hydrogen) atoms. The molecular formula is C33H53B4IN6O10S4. The first kappa shape index (κ1) is 39.4. The summed E-state index contributed by atoms with van der Waals surface area (Å²) in [6, 6.07) is 0. The third kappa shape index (κ3) is 16.8. The maximum Gasteiger partial charge on any atom is 0.351 e. The summed E-state index contributed by atoms with van der Waals surface area (Å²) in [7, 11) is -4.08. The number of carbonyl (C=O) groups is 1. The Kier molecular flexibility index (Phi) is 19.2. The second-order valence-electron chi connectivity index (χ2n) is 12.4. The summed E-state index contributed by atoms with van der Waals surface area (Å²) in [5.74, 6) is 5.13. The maximum absolute atomic E-state index is 12.6. The highest BCUT2D eigenvalue weighted by Gasteiger charge is 2.39. The molecule has 16 nitrogen and oxygen atoms in total. The Labute approximate surface area is 386 Å². The van der Waals surface area contributed by atoms with Gasteiger partial charge in [0.25, 0.3) is 0 Å². The van der Waals surface area contributed by atoms with Crippen LogP contribution < -0.4 is 22.8 Å². The summed E-state index contributed by atoms with van der Waals surface area (Å²) in [6.07, 6.45) is 4.15. The number of unbranched alkanes of at least 4 members (excludes halogenated alkanes) is 2. The smallest absolute Gasteiger partial charge is 0.351 e. The lowest BCUT2D eigenvalue weighted by Crippen LogP contribution is -2.29. The van der Waals surface area contributed by atoms with Crippen LogP contribution in [-0.4, -0.2) is 134 Å². The zero-order chi connectivity index (χ0) is 48.8. The average molecular weight is 1000 g/mol. The molecule has 1 unspecified atom stereocenters. The Morgan fingerprint density at radius 3 is 2.03 bits per heavy atom. The normalized spacial score (nSPS) is 23.4. The van der Waals surface area contributed by atoms with E-state index in [1.165, 1.54) is 15.3 Å². The molecule has 2 aromatic rings. The van der Waals surface area contributed by atoms with E-state index in [0.717, 1.165) is 73.9 Å². The lowest BCUT2D eigenvalue weighted by atomic mass is 10.0. The van der Waals surface area contributed by atoms with Crippen molar-refractivity contribution in [2.75, 3.05) is 53.9 Å². The third-order valence-corrected chi connectivity index (χ3v) is 11.1. The largest absolute Gasteiger partial charge is 0.452 e. The van der Waals surface area contributed by atoms with Gasteiger partial charge in [-0.1, -0.05) is 45.0 Å². The molecule has 2 aromatic heterocycles. The molecule has 0 amide bonds. The van der Waals surface area contributed by atoms with Gasteiger partial charge in [-0.15, -0.1) is 0 Å². The van der Waals surface area contributed by atoms with Gasteiger partial charge in [0.15, 0.2) is 6.61 Å². The minimum absolute atomic E-state index is 0.0575. The Morgan fingerprint density at radius 1 is 0.948 bits per heavy atom. The molecule has 0 bridgehead atoms. The highest BCUT2D eigenvalue weighted by atomic mass is 127. The zero-order valence-electron chi connectivity index (χ0n) is 40.2. The van der Waals surface area contributed by atoms with Crippen molar-refractivity contribution < 1.29 is 35.7 Å². The average Bonchev–Trinajstić information content (AvgIpc) is 3.84. The Hall–Kier alpha value is -1.46. The van der Waals surface area contributed by atoms with Crippen LogP contribution in [0.4, 0.5) is 11.6 Å². The molecule has 0 spiro atoms. The maximum atomic E-state index is 12.6. The Bertz CT molecular complexity index is 1980. The fourth-order valence-electron chi connectivity index (χ4n) is 5.47. The minimum Gasteiger partial charge on any atom is -0.452 e. The van der Waals surface area contributed by atoms with E-state index < -0.39 is 79.3 Å². The van der Waals surface area contributed by atoms with E-state index in [4.69, 9.17) is 53.1 Å². The fourth-order valence-corrected chi connectivity index (χ4v) is 7.46. The van der Waals surface area contributed by atoms with Gasteiger partial charge in [-0.2, -0.15) is 9.97 Å². The molecule has 318 valence electrons. The lowest BCUT2D eigenvalue weighted by Gasteiger charge is -2.17. The monoisotopic (exact) mass is 1000 g/mol. The van der Waals surface area contributed by atoms with Gasteiger partial charge < -0.3 is 42.4 Å². The first-order chi connectivity index (χ1) is 31.4. The minimum atomic E-state index is -1.06. The second kappa shape index (κ2) is 28.2. The van der Waals surface area contributed by atoms with Crippen molar-refractivity contribution in [2.24, 2.45) is 5.92 Å². The van der Waals surface area contributed by atoms with E-state index in [9.17, 15) is 14.4 Å². The predicted octanol–water partition coefficient (Wildman–Crippen LogP) is 0.701. The summed E-state index contributed by atoms with van der Waals surface area (Å²) in [6.45, 7) is 4.04.